The van der Waals surface area contributed by atoms with Crippen LogP contribution in [0.15, 0.2) is 6.33 Å². The molecule has 3 heterocycles. The van der Waals surface area contributed by atoms with Crippen LogP contribution in [0.2, 0.25) is 0 Å². The predicted octanol–water partition coefficient (Wildman–Crippen LogP) is 4.19. The van der Waals surface area contributed by atoms with Crippen LogP contribution >= 0.6 is 11.3 Å². The maximum atomic E-state index is 4.70. The van der Waals surface area contributed by atoms with Gasteiger partial charge in [-0.15, -0.1) is 11.3 Å². The molecule has 0 radical (unpaired) electrons. The Morgan fingerprint density at radius 3 is 2.95 bits per heavy atom. The second-order valence-electron chi connectivity index (χ2n) is 6.77. The minimum absolute atomic E-state index is 0.606. The van der Waals surface area contributed by atoms with E-state index in [4.69, 9.17) is 4.98 Å². The number of hydrogen-bond acceptors (Lipinski definition) is 4. The van der Waals surface area contributed by atoms with Gasteiger partial charge in [0.2, 0.25) is 0 Å². The molecule has 3 nitrogen and oxygen atoms in total. The molecule has 0 spiro atoms. The lowest BCUT2D eigenvalue weighted by atomic mass is 9.89. The van der Waals surface area contributed by atoms with E-state index in [1.54, 1.807) is 16.8 Å². The molecular formula is C17H23N3S. The Hall–Kier alpha value is -1.16. The third-order valence-electron chi connectivity index (χ3n) is 5.15. The van der Waals surface area contributed by atoms with E-state index in [0.29, 0.717) is 6.04 Å². The van der Waals surface area contributed by atoms with Gasteiger partial charge in [0.25, 0.3) is 0 Å². The van der Waals surface area contributed by atoms with Crippen molar-refractivity contribution in [1.82, 2.24) is 9.97 Å². The number of aromatic nitrogens is 2. The van der Waals surface area contributed by atoms with Gasteiger partial charge in [-0.05, 0) is 56.9 Å². The van der Waals surface area contributed by atoms with Crippen molar-refractivity contribution in [1.29, 1.82) is 0 Å². The molecule has 1 fully saturated rings. The Morgan fingerprint density at radius 2 is 2.10 bits per heavy atom. The second kappa shape index (κ2) is 5.24. The summed E-state index contributed by atoms with van der Waals surface area (Å²) in [5, 5.41) is 1.37. The Kier molecular flexibility index (Phi) is 3.37. The van der Waals surface area contributed by atoms with E-state index in [-0.39, 0.29) is 0 Å². The normalized spacial score (nSPS) is 26.1. The maximum Gasteiger partial charge on any atom is 0.141 e. The first kappa shape index (κ1) is 13.5. The van der Waals surface area contributed by atoms with Crippen LogP contribution in [0, 0.1) is 5.92 Å². The number of anilines is 1. The number of rotatable bonds is 1. The van der Waals surface area contributed by atoms with E-state index < -0.39 is 0 Å². The summed E-state index contributed by atoms with van der Waals surface area (Å²) in [7, 11) is 0. The van der Waals surface area contributed by atoms with Crippen LogP contribution in [-0.2, 0) is 12.8 Å². The molecule has 2 atom stereocenters. The van der Waals surface area contributed by atoms with E-state index in [2.05, 4.69) is 23.7 Å². The SMILES string of the molecule is CC1CCc2c(sc3ncnc(N4CCCCC4C)c23)C1. The quantitative estimate of drug-likeness (QED) is 0.790. The third kappa shape index (κ3) is 2.24. The number of nitrogens with zero attached hydrogens (tertiary/aromatic N) is 3. The highest BCUT2D eigenvalue weighted by Crippen LogP contribution is 2.41. The summed E-state index contributed by atoms with van der Waals surface area (Å²) in [5.41, 5.74) is 1.56. The van der Waals surface area contributed by atoms with Gasteiger partial charge in [0.05, 0.1) is 5.39 Å². The molecule has 2 aromatic rings. The Morgan fingerprint density at radius 1 is 1.19 bits per heavy atom. The first-order chi connectivity index (χ1) is 10.2. The zero-order chi connectivity index (χ0) is 14.4. The van der Waals surface area contributed by atoms with Gasteiger partial charge in [0.1, 0.15) is 17.0 Å². The summed E-state index contributed by atoms with van der Waals surface area (Å²) in [5.74, 6) is 2.02. The van der Waals surface area contributed by atoms with E-state index in [9.17, 15) is 0 Å². The van der Waals surface area contributed by atoms with E-state index in [1.165, 1.54) is 54.6 Å². The fourth-order valence-electron chi connectivity index (χ4n) is 3.89. The molecule has 1 aliphatic carbocycles. The second-order valence-corrected chi connectivity index (χ2v) is 7.85. The molecule has 4 heteroatoms. The minimum atomic E-state index is 0.606. The average molecular weight is 301 g/mol. The van der Waals surface area contributed by atoms with Crippen LogP contribution in [0.4, 0.5) is 5.82 Å². The van der Waals surface area contributed by atoms with Crippen molar-refractivity contribution in [3.63, 3.8) is 0 Å². The fraction of sp³-hybridized carbons (Fsp3) is 0.647. The highest BCUT2D eigenvalue weighted by Gasteiger charge is 2.27. The van der Waals surface area contributed by atoms with Gasteiger partial charge in [-0.1, -0.05) is 6.92 Å². The number of fused-ring (bicyclic) bond motifs is 3. The summed E-state index contributed by atoms with van der Waals surface area (Å²) in [4.78, 5) is 14.6. The van der Waals surface area contributed by atoms with Crippen molar-refractivity contribution in [2.75, 3.05) is 11.4 Å². The molecule has 4 rings (SSSR count). The molecule has 2 aliphatic rings. The lowest BCUT2D eigenvalue weighted by molar-refractivity contribution is 0.481. The van der Waals surface area contributed by atoms with Gasteiger partial charge in [-0.25, -0.2) is 9.97 Å². The molecule has 0 saturated carbocycles. The lowest BCUT2D eigenvalue weighted by Gasteiger charge is -2.35. The van der Waals surface area contributed by atoms with Crippen LogP contribution in [-0.4, -0.2) is 22.6 Å². The van der Waals surface area contributed by atoms with Gasteiger partial charge in [-0.3, -0.25) is 0 Å². The minimum Gasteiger partial charge on any atom is -0.353 e. The summed E-state index contributed by atoms with van der Waals surface area (Å²) in [6.45, 7) is 5.86. The van der Waals surface area contributed by atoms with Crippen molar-refractivity contribution in [3.05, 3.63) is 16.8 Å². The zero-order valence-corrected chi connectivity index (χ0v) is 13.7. The molecular weight excluding hydrogens is 278 g/mol. The topological polar surface area (TPSA) is 29.0 Å². The third-order valence-corrected chi connectivity index (χ3v) is 6.31. The molecule has 1 saturated heterocycles. The first-order valence-corrected chi connectivity index (χ1v) is 9.07. The Bertz CT molecular complexity index is 663. The molecule has 1 aliphatic heterocycles. The van der Waals surface area contributed by atoms with Crippen molar-refractivity contribution in [3.8, 4) is 0 Å². The van der Waals surface area contributed by atoms with E-state index >= 15 is 0 Å². The molecule has 0 N–H and O–H groups in total. The molecule has 2 aromatic heterocycles. The summed E-state index contributed by atoms with van der Waals surface area (Å²) < 4.78 is 0. The van der Waals surface area contributed by atoms with Crippen molar-refractivity contribution >= 4 is 27.4 Å². The van der Waals surface area contributed by atoms with Crippen molar-refractivity contribution < 1.29 is 0 Å². The summed E-state index contributed by atoms with van der Waals surface area (Å²) >= 11 is 1.91. The summed E-state index contributed by atoms with van der Waals surface area (Å²) in [6.07, 6.45) is 9.44. The first-order valence-electron chi connectivity index (χ1n) is 8.26. The highest BCUT2D eigenvalue weighted by atomic mass is 32.1. The van der Waals surface area contributed by atoms with Crippen LogP contribution in [0.5, 0.6) is 0 Å². The van der Waals surface area contributed by atoms with Crippen LogP contribution in [0.25, 0.3) is 10.2 Å². The molecule has 112 valence electrons. The monoisotopic (exact) mass is 301 g/mol. The van der Waals surface area contributed by atoms with Gasteiger partial charge in [0, 0.05) is 17.5 Å². The van der Waals surface area contributed by atoms with E-state index in [1.807, 2.05) is 11.3 Å². The number of hydrogen-bond donors (Lipinski definition) is 0. The zero-order valence-electron chi connectivity index (χ0n) is 12.9. The standard InChI is InChI=1S/C17H23N3S/c1-11-6-7-13-14(9-11)21-17-15(13)16(18-10-19-17)20-8-4-3-5-12(20)2/h10-12H,3-9H2,1-2H3. The van der Waals surface area contributed by atoms with Crippen LogP contribution in [0.3, 0.4) is 0 Å². The van der Waals surface area contributed by atoms with Crippen LogP contribution in [0.1, 0.15) is 50.0 Å². The van der Waals surface area contributed by atoms with E-state index in [0.717, 1.165) is 12.5 Å². The molecule has 0 bridgehead atoms. The maximum absolute atomic E-state index is 4.70. The Balaban J connectivity index is 1.85. The van der Waals surface area contributed by atoms with Crippen LogP contribution < -0.4 is 4.90 Å². The highest BCUT2D eigenvalue weighted by molar-refractivity contribution is 7.19. The lowest BCUT2D eigenvalue weighted by Crippen LogP contribution is -2.38. The summed E-state index contributed by atoms with van der Waals surface area (Å²) in [6, 6.07) is 0.606. The average Bonchev–Trinajstić information content (AvgIpc) is 2.85. The Labute approximate surface area is 130 Å². The fourth-order valence-corrected chi connectivity index (χ4v) is 5.23. The number of aryl methyl sites for hydroxylation is 1. The van der Waals surface area contributed by atoms with Crippen molar-refractivity contribution in [2.24, 2.45) is 5.92 Å². The molecule has 21 heavy (non-hydrogen) atoms. The number of piperidine rings is 1. The van der Waals surface area contributed by atoms with Gasteiger partial charge in [0.15, 0.2) is 0 Å². The predicted molar refractivity (Wildman–Crippen MR) is 89.3 cm³/mol. The van der Waals surface area contributed by atoms with Gasteiger partial charge in [-0.2, -0.15) is 0 Å². The smallest absolute Gasteiger partial charge is 0.141 e. The van der Waals surface area contributed by atoms with Gasteiger partial charge < -0.3 is 4.90 Å². The molecule has 0 amide bonds. The number of thiophene rings is 1. The molecule has 2 unspecified atom stereocenters. The molecule has 0 aromatic carbocycles. The van der Waals surface area contributed by atoms with Crippen molar-refractivity contribution in [2.45, 2.75) is 58.4 Å². The largest absolute Gasteiger partial charge is 0.353 e. The van der Waals surface area contributed by atoms with Gasteiger partial charge >= 0.3 is 0 Å².